The molecule has 0 aliphatic carbocycles. The number of methoxy groups -OCH3 is 1. The second kappa shape index (κ2) is 7.32. The number of carbonyl (C=O) groups excluding carboxylic acids is 1. The van der Waals surface area contributed by atoms with Crippen LogP contribution < -0.4 is 5.32 Å². The van der Waals surface area contributed by atoms with E-state index in [9.17, 15) is 4.79 Å². The molecule has 2 aromatic carbocycles. The molecule has 0 atom stereocenters. The summed E-state index contributed by atoms with van der Waals surface area (Å²) in [6, 6.07) is 17.0. The SMILES string of the molecule is COCc1ccc(C(=O)Nc2ccccc2-n2nc(C)cc2C)cc1. The normalized spacial score (nSPS) is 10.7. The molecule has 128 valence electrons. The zero-order valence-corrected chi connectivity index (χ0v) is 14.6. The lowest BCUT2D eigenvalue weighted by molar-refractivity contribution is 0.102. The number of hydrogen-bond acceptors (Lipinski definition) is 3. The average molecular weight is 335 g/mol. The van der Waals surface area contributed by atoms with Gasteiger partial charge in [0.1, 0.15) is 0 Å². The van der Waals surface area contributed by atoms with Crippen LogP contribution in [0, 0.1) is 13.8 Å². The molecule has 5 nitrogen and oxygen atoms in total. The second-order valence-corrected chi connectivity index (χ2v) is 5.94. The Morgan fingerprint density at radius 3 is 2.48 bits per heavy atom. The summed E-state index contributed by atoms with van der Waals surface area (Å²) in [5, 5.41) is 7.49. The standard InChI is InChI=1S/C20H21N3O2/c1-14-12-15(2)23(22-14)19-7-5-4-6-18(19)21-20(24)17-10-8-16(9-11-17)13-25-3/h4-12H,13H2,1-3H3,(H,21,24). The number of hydrogen-bond donors (Lipinski definition) is 1. The van der Waals surface area contributed by atoms with E-state index >= 15 is 0 Å². The highest BCUT2D eigenvalue weighted by molar-refractivity contribution is 6.05. The molecule has 1 heterocycles. The number of aromatic nitrogens is 2. The third kappa shape index (κ3) is 3.78. The van der Waals surface area contributed by atoms with E-state index in [1.54, 1.807) is 19.2 Å². The lowest BCUT2D eigenvalue weighted by Crippen LogP contribution is -2.14. The largest absolute Gasteiger partial charge is 0.380 e. The third-order valence-corrected chi connectivity index (χ3v) is 3.92. The van der Waals surface area contributed by atoms with Crippen molar-refractivity contribution in [3.8, 4) is 5.69 Å². The molecule has 1 amide bonds. The summed E-state index contributed by atoms with van der Waals surface area (Å²) in [6.07, 6.45) is 0. The first-order chi connectivity index (χ1) is 12.1. The van der Waals surface area contributed by atoms with Gasteiger partial charge in [-0.25, -0.2) is 4.68 Å². The Morgan fingerprint density at radius 1 is 1.12 bits per heavy atom. The molecular formula is C20H21N3O2. The first kappa shape index (κ1) is 16.9. The first-order valence-electron chi connectivity index (χ1n) is 8.10. The van der Waals surface area contributed by atoms with Gasteiger partial charge in [-0.3, -0.25) is 4.79 Å². The topological polar surface area (TPSA) is 56.1 Å². The van der Waals surface area contributed by atoms with Crippen LogP contribution in [-0.4, -0.2) is 22.8 Å². The van der Waals surface area contributed by atoms with Gasteiger partial charge in [0.2, 0.25) is 0 Å². The number of benzene rings is 2. The Balaban J connectivity index is 1.86. The monoisotopic (exact) mass is 335 g/mol. The summed E-state index contributed by atoms with van der Waals surface area (Å²) in [5.74, 6) is -0.155. The van der Waals surface area contributed by atoms with Crippen molar-refractivity contribution in [3.63, 3.8) is 0 Å². The van der Waals surface area contributed by atoms with Gasteiger partial charge in [-0.2, -0.15) is 5.10 Å². The Bertz CT molecular complexity index is 882. The van der Waals surface area contributed by atoms with E-state index in [0.717, 1.165) is 28.3 Å². The Kier molecular flexibility index (Phi) is 4.95. The van der Waals surface area contributed by atoms with Crippen LogP contribution >= 0.6 is 0 Å². The molecule has 1 aromatic heterocycles. The van der Waals surface area contributed by atoms with Crippen molar-refractivity contribution < 1.29 is 9.53 Å². The molecular weight excluding hydrogens is 314 g/mol. The quantitative estimate of drug-likeness (QED) is 0.769. The average Bonchev–Trinajstić information content (AvgIpc) is 2.94. The van der Waals surface area contributed by atoms with Crippen LogP contribution in [0.3, 0.4) is 0 Å². The van der Waals surface area contributed by atoms with Gasteiger partial charge >= 0.3 is 0 Å². The summed E-state index contributed by atoms with van der Waals surface area (Å²) in [4.78, 5) is 12.6. The van der Waals surface area contributed by atoms with E-state index in [4.69, 9.17) is 4.74 Å². The summed E-state index contributed by atoms with van der Waals surface area (Å²) in [7, 11) is 1.65. The fourth-order valence-electron chi connectivity index (χ4n) is 2.75. The number of nitrogens with one attached hydrogen (secondary N) is 1. The van der Waals surface area contributed by atoms with Crippen LogP contribution in [0.4, 0.5) is 5.69 Å². The van der Waals surface area contributed by atoms with Crippen molar-refractivity contribution in [2.24, 2.45) is 0 Å². The molecule has 1 N–H and O–H groups in total. The van der Waals surface area contributed by atoms with Gasteiger partial charge in [0.15, 0.2) is 0 Å². The van der Waals surface area contributed by atoms with Crippen LogP contribution in [-0.2, 0) is 11.3 Å². The highest BCUT2D eigenvalue weighted by Gasteiger charge is 2.12. The molecule has 0 radical (unpaired) electrons. The van der Waals surface area contributed by atoms with Gasteiger partial charge in [-0.05, 0) is 49.7 Å². The van der Waals surface area contributed by atoms with Gasteiger partial charge in [0.05, 0.1) is 23.7 Å². The van der Waals surface area contributed by atoms with Crippen LogP contribution in [0.15, 0.2) is 54.6 Å². The number of aryl methyl sites for hydroxylation is 2. The number of amides is 1. The van der Waals surface area contributed by atoms with Crippen LogP contribution in [0.1, 0.15) is 27.3 Å². The van der Waals surface area contributed by atoms with Crippen molar-refractivity contribution in [1.29, 1.82) is 0 Å². The number of rotatable bonds is 5. The molecule has 0 unspecified atom stereocenters. The van der Waals surface area contributed by atoms with E-state index in [1.165, 1.54) is 0 Å². The Labute approximate surface area is 147 Å². The van der Waals surface area contributed by atoms with Gasteiger partial charge in [0.25, 0.3) is 5.91 Å². The lowest BCUT2D eigenvalue weighted by atomic mass is 10.1. The molecule has 3 aromatic rings. The van der Waals surface area contributed by atoms with Crippen LogP contribution in [0.5, 0.6) is 0 Å². The molecule has 3 rings (SSSR count). The predicted octanol–water partition coefficient (Wildman–Crippen LogP) is 3.89. The molecule has 0 saturated carbocycles. The third-order valence-electron chi connectivity index (χ3n) is 3.92. The molecule has 0 spiro atoms. The maximum atomic E-state index is 12.6. The van der Waals surface area contributed by atoms with Crippen LogP contribution in [0.25, 0.3) is 5.69 Å². The minimum absolute atomic E-state index is 0.155. The maximum absolute atomic E-state index is 12.6. The molecule has 25 heavy (non-hydrogen) atoms. The molecule has 0 aliphatic rings. The number of carbonyl (C=O) groups is 1. The van der Waals surface area contributed by atoms with Gasteiger partial charge in [0, 0.05) is 18.4 Å². The molecule has 0 saturated heterocycles. The molecule has 0 aliphatic heterocycles. The first-order valence-corrected chi connectivity index (χ1v) is 8.10. The summed E-state index contributed by atoms with van der Waals surface area (Å²) in [6.45, 7) is 4.47. The zero-order valence-electron chi connectivity index (χ0n) is 14.6. The number of nitrogens with zero attached hydrogens (tertiary/aromatic N) is 2. The smallest absolute Gasteiger partial charge is 0.255 e. The Hall–Kier alpha value is -2.92. The van der Waals surface area contributed by atoms with E-state index in [1.807, 2.05) is 61.0 Å². The van der Waals surface area contributed by atoms with Gasteiger partial charge in [-0.15, -0.1) is 0 Å². The second-order valence-electron chi connectivity index (χ2n) is 5.94. The maximum Gasteiger partial charge on any atom is 0.255 e. The highest BCUT2D eigenvalue weighted by atomic mass is 16.5. The van der Waals surface area contributed by atoms with Crippen molar-refractivity contribution in [2.45, 2.75) is 20.5 Å². The fraction of sp³-hybridized carbons (Fsp3) is 0.200. The van der Waals surface area contributed by atoms with E-state index in [0.29, 0.717) is 12.2 Å². The van der Waals surface area contributed by atoms with Gasteiger partial charge in [-0.1, -0.05) is 24.3 Å². The molecule has 0 bridgehead atoms. The summed E-state index contributed by atoms with van der Waals surface area (Å²) >= 11 is 0. The number of anilines is 1. The molecule has 5 heteroatoms. The van der Waals surface area contributed by atoms with Gasteiger partial charge < -0.3 is 10.1 Å². The van der Waals surface area contributed by atoms with Crippen molar-refractivity contribution in [2.75, 3.05) is 12.4 Å². The van der Waals surface area contributed by atoms with E-state index < -0.39 is 0 Å². The minimum atomic E-state index is -0.155. The fourth-order valence-corrected chi connectivity index (χ4v) is 2.75. The predicted molar refractivity (Wildman–Crippen MR) is 98.1 cm³/mol. The van der Waals surface area contributed by atoms with Crippen molar-refractivity contribution in [1.82, 2.24) is 9.78 Å². The lowest BCUT2D eigenvalue weighted by Gasteiger charge is -2.12. The highest BCUT2D eigenvalue weighted by Crippen LogP contribution is 2.22. The summed E-state index contributed by atoms with van der Waals surface area (Å²) < 4.78 is 6.93. The van der Waals surface area contributed by atoms with E-state index in [-0.39, 0.29) is 5.91 Å². The van der Waals surface area contributed by atoms with Crippen molar-refractivity contribution in [3.05, 3.63) is 77.1 Å². The minimum Gasteiger partial charge on any atom is -0.380 e. The van der Waals surface area contributed by atoms with E-state index in [2.05, 4.69) is 10.4 Å². The zero-order chi connectivity index (χ0) is 17.8. The van der Waals surface area contributed by atoms with Crippen LogP contribution in [0.2, 0.25) is 0 Å². The summed E-state index contributed by atoms with van der Waals surface area (Å²) in [5.41, 5.74) is 5.15. The molecule has 0 fully saturated rings. The van der Waals surface area contributed by atoms with Crippen molar-refractivity contribution >= 4 is 11.6 Å². The number of ether oxygens (including phenoxy) is 1. The number of para-hydroxylation sites is 2. The Morgan fingerprint density at radius 2 is 1.84 bits per heavy atom.